The lowest BCUT2D eigenvalue weighted by Gasteiger charge is -2.39. The Kier molecular flexibility index (Phi) is 13.4. The highest BCUT2D eigenvalue weighted by Crippen LogP contribution is 2.38. The first kappa shape index (κ1) is 43.0. The van der Waals surface area contributed by atoms with Crippen molar-refractivity contribution < 1.29 is 0 Å². The predicted octanol–water partition coefficient (Wildman–Crippen LogP) is 7.08. The summed E-state index contributed by atoms with van der Waals surface area (Å²) in [5, 5.41) is 13.5. The minimum atomic E-state index is -0.298. The minimum Gasteiger partial charge on any atom is -0.372 e. The maximum absolute atomic E-state index is 6.12. The maximum atomic E-state index is 6.12. The van der Waals surface area contributed by atoms with E-state index in [0.29, 0.717) is 29.1 Å². The van der Waals surface area contributed by atoms with Gasteiger partial charge in [0.25, 0.3) is 0 Å². The Hall–Kier alpha value is -5.23. The summed E-state index contributed by atoms with van der Waals surface area (Å²) in [7, 11) is 0. The van der Waals surface area contributed by atoms with E-state index in [9.17, 15) is 0 Å². The summed E-state index contributed by atoms with van der Waals surface area (Å²) < 4.78 is 0. The van der Waals surface area contributed by atoms with Crippen LogP contribution in [-0.2, 0) is 13.1 Å². The third-order valence-corrected chi connectivity index (χ3v) is 13.8. The Morgan fingerprint density at radius 2 is 1.38 bits per heavy atom. The summed E-state index contributed by atoms with van der Waals surface area (Å²) in [4.78, 5) is 29.6. The second-order valence-electron chi connectivity index (χ2n) is 18.2. The highest BCUT2D eigenvalue weighted by Gasteiger charge is 2.40. The van der Waals surface area contributed by atoms with E-state index in [-0.39, 0.29) is 11.6 Å². The standard InChI is InChI=1S/C48H63ClN14/c1-35-28-44(55-46(50)53-35)61-25-16-40(17-26-61)63(34-38-10-7-11-41(30-38)59-20-4-5-21-59)27-19-48(57-58-48)18-3-2-8-36-13-22-62(33-36)42-12-6-9-37(29-42)32-52-39-14-23-60(24-15-39)45-31-43(49)54-47(51)56-45/h6-7,9-12,28-31,36,39-40,52H,3-5,13-27,32-34H2,1H3,(H2,50,53,55)(H2,51,54,56). The molecule has 0 spiro atoms. The summed E-state index contributed by atoms with van der Waals surface area (Å²) in [6.07, 6.45) is 10.5. The zero-order chi connectivity index (χ0) is 43.2. The molecule has 0 saturated carbocycles. The summed E-state index contributed by atoms with van der Waals surface area (Å²) in [5.74, 6) is 9.88. The molecule has 5 aliphatic heterocycles. The summed E-state index contributed by atoms with van der Waals surface area (Å²) in [5.41, 5.74) is 17.8. The van der Waals surface area contributed by atoms with Crippen molar-refractivity contribution in [3.05, 3.63) is 82.6 Å². The van der Waals surface area contributed by atoms with Gasteiger partial charge >= 0.3 is 0 Å². The summed E-state index contributed by atoms with van der Waals surface area (Å²) in [6, 6.07) is 23.0. The fourth-order valence-corrected chi connectivity index (χ4v) is 10.2. The third kappa shape index (κ3) is 11.3. The van der Waals surface area contributed by atoms with Crippen LogP contribution in [0.5, 0.6) is 0 Å². The molecular weight excluding hydrogens is 808 g/mol. The van der Waals surface area contributed by atoms with Crippen molar-refractivity contribution >= 4 is 46.5 Å². The Balaban J connectivity index is 0.745. The van der Waals surface area contributed by atoms with Crippen molar-refractivity contribution in [2.24, 2.45) is 16.1 Å². The first-order valence-electron chi connectivity index (χ1n) is 23.2. The number of nitrogens with one attached hydrogen (secondary N) is 1. The Morgan fingerprint density at radius 1 is 0.730 bits per heavy atom. The number of rotatable bonds is 15. The number of piperidine rings is 2. The largest absolute Gasteiger partial charge is 0.372 e. The van der Waals surface area contributed by atoms with E-state index in [4.69, 9.17) is 23.1 Å². The molecule has 4 aromatic rings. The Labute approximate surface area is 377 Å². The van der Waals surface area contributed by atoms with Crippen LogP contribution in [0.15, 0.2) is 70.9 Å². The van der Waals surface area contributed by atoms with E-state index in [1.54, 1.807) is 6.07 Å². The van der Waals surface area contributed by atoms with Gasteiger partial charge in [-0.1, -0.05) is 41.8 Å². The summed E-state index contributed by atoms with van der Waals surface area (Å²) in [6.45, 7) is 12.7. The second-order valence-corrected chi connectivity index (χ2v) is 18.6. The van der Waals surface area contributed by atoms with Gasteiger partial charge in [0.05, 0.1) is 0 Å². The number of aryl methyl sites for hydroxylation is 1. The lowest BCUT2D eigenvalue weighted by atomic mass is 9.99. The highest BCUT2D eigenvalue weighted by molar-refractivity contribution is 6.29. The van der Waals surface area contributed by atoms with Gasteiger partial charge in [0.15, 0.2) is 5.66 Å². The average molecular weight is 872 g/mol. The van der Waals surface area contributed by atoms with Crippen LogP contribution in [-0.4, -0.2) is 101 Å². The SMILES string of the molecule is Cc1cc(N2CCC(N(CCC3(CCC#CC4CCN(c5cccc(CNC6CCN(c7cc(Cl)nc(N)n7)CC6)c5)C4)N=N3)Cc3cccc(N4CCCC4)c3)CC2)nc(N)n1. The number of aromatic nitrogens is 4. The Bertz CT molecular complexity index is 2220. The number of hydrogen-bond acceptors (Lipinski definition) is 14. The van der Waals surface area contributed by atoms with Gasteiger partial charge in [0.2, 0.25) is 11.9 Å². The number of nitrogens with two attached hydrogens (primary N) is 2. The minimum absolute atomic E-state index is 0.216. The van der Waals surface area contributed by atoms with Crippen molar-refractivity contribution in [1.29, 1.82) is 0 Å². The smallest absolute Gasteiger partial charge is 0.223 e. The third-order valence-electron chi connectivity index (χ3n) is 13.6. The molecule has 5 N–H and O–H groups in total. The van der Waals surface area contributed by atoms with Crippen LogP contribution in [0.4, 0.5) is 34.9 Å². The molecule has 4 saturated heterocycles. The summed E-state index contributed by atoms with van der Waals surface area (Å²) >= 11 is 6.12. The zero-order valence-electron chi connectivity index (χ0n) is 36.8. The van der Waals surface area contributed by atoms with E-state index in [1.165, 1.54) is 35.3 Å². The molecule has 15 heteroatoms. The fraction of sp³-hybridized carbons (Fsp3) is 0.542. The van der Waals surface area contributed by atoms with Gasteiger partial charge < -0.3 is 36.4 Å². The molecule has 4 fully saturated rings. The fourth-order valence-electron chi connectivity index (χ4n) is 9.98. The van der Waals surface area contributed by atoms with Gasteiger partial charge in [0.1, 0.15) is 16.8 Å². The quantitative estimate of drug-likeness (QED) is 0.0826. The second kappa shape index (κ2) is 19.7. The molecule has 1 atom stereocenters. The van der Waals surface area contributed by atoms with Gasteiger partial charge in [0, 0.05) is 138 Å². The topological polar surface area (TPSA) is 157 Å². The van der Waals surface area contributed by atoms with Gasteiger partial charge in [-0.25, -0.2) is 9.97 Å². The molecular formula is C48H63ClN14. The van der Waals surface area contributed by atoms with Gasteiger partial charge in [-0.15, -0.1) is 5.92 Å². The molecule has 7 heterocycles. The number of nitrogen functional groups attached to an aromatic ring is 2. The van der Waals surface area contributed by atoms with Crippen LogP contribution in [0.2, 0.25) is 5.15 Å². The lowest BCUT2D eigenvalue weighted by Crippen LogP contribution is -2.46. The monoisotopic (exact) mass is 871 g/mol. The van der Waals surface area contributed by atoms with Crippen molar-refractivity contribution in [1.82, 2.24) is 30.2 Å². The van der Waals surface area contributed by atoms with Crippen LogP contribution in [0.3, 0.4) is 0 Å². The number of anilines is 6. The number of nitrogens with zero attached hydrogens (tertiary/aromatic N) is 11. The molecule has 14 nitrogen and oxygen atoms in total. The number of benzene rings is 2. The molecule has 2 aromatic carbocycles. The van der Waals surface area contributed by atoms with Crippen LogP contribution < -0.4 is 36.4 Å². The van der Waals surface area contributed by atoms with Gasteiger partial charge in [-0.05, 0) is 87.3 Å². The molecule has 0 bridgehead atoms. The average Bonchev–Trinajstić information content (AvgIpc) is 3.59. The lowest BCUT2D eigenvalue weighted by molar-refractivity contribution is 0.151. The predicted molar refractivity (Wildman–Crippen MR) is 254 cm³/mol. The van der Waals surface area contributed by atoms with E-state index in [0.717, 1.165) is 141 Å². The first-order valence-corrected chi connectivity index (χ1v) is 23.6. The van der Waals surface area contributed by atoms with Crippen LogP contribution in [0.1, 0.15) is 81.0 Å². The molecule has 1 unspecified atom stereocenters. The van der Waals surface area contributed by atoms with Crippen molar-refractivity contribution in [2.75, 3.05) is 90.0 Å². The van der Waals surface area contributed by atoms with E-state index in [1.807, 2.05) is 13.0 Å². The molecule has 2 aromatic heterocycles. The van der Waals surface area contributed by atoms with Crippen molar-refractivity contribution in [3.63, 3.8) is 0 Å². The van der Waals surface area contributed by atoms with Crippen LogP contribution >= 0.6 is 11.6 Å². The molecule has 5 aliphatic rings. The van der Waals surface area contributed by atoms with E-state index < -0.39 is 0 Å². The molecule has 332 valence electrons. The molecule has 0 radical (unpaired) electrons. The molecule has 0 amide bonds. The molecule has 63 heavy (non-hydrogen) atoms. The Morgan fingerprint density at radius 3 is 2.10 bits per heavy atom. The van der Waals surface area contributed by atoms with Crippen molar-refractivity contribution in [3.8, 4) is 11.8 Å². The highest BCUT2D eigenvalue weighted by atomic mass is 35.5. The van der Waals surface area contributed by atoms with Crippen LogP contribution in [0.25, 0.3) is 0 Å². The van der Waals surface area contributed by atoms with Crippen molar-refractivity contribution in [2.45, 2.75) is 102 Å². The van der Waals surface area contributed by atoms with E-state index >= 15 is 0 Å². The van der Waals surface area contributed by atoms with Gasteiger partial charge in [-0.3, -0.25) is 4.90 Å². The number of hydrogen-bond donors (Lipinski definition) is 3. The number of halogens is 1. The van der Waals surface area contributed by atoms with Gasteiger partial charge in [-0.2, -0.15) is 20.2 Å². The molecule has 0 aliphatic carbocycles. The zero-order valence-corrected chi connectivity index (χ0v) is 37.6. The normalized spacial score (nSPS) is 20.1. The van der Waals surface area contributed by atoms with E-state index in [2.05, 4.69) is 120 Å². The van der Waals surface area contributed by atoms with Crippen LogP contribution in [0, 0.1) is 24.7 Å². The maximum Gasteiger partial charge on any atom is 0.223 e. The molecule has 9 rings (SSSR count). The first-order chi connectivity index (χ1) is 30.7.